The van der Waals surface area contributed by atoms with Crippen LogP contribution in [0, 0.1) is 24.1 Å². The van der Waals surface area contributed by atoms with E-state index in [1.54, 1.807) is 25.1 Å². The number of halogens is 2. The van der Waals surface area contributed by atoms with Gasteiger partial charge in [0.2, 0.25) is 0 Å². The van der Waals surface area contributed by atoms with Crippen molar-refractivity contribution in [1.82, 2.24) is 0 Å². The molecule has 0 fully saturated rings. The van der Waals surface area contributed by atoms with Crippen LogP contribution in [0.2, 0.25) is 0 Å². The molecule has 3 heteroatoms. The monoisotopic (exact) mass is 271 g/mol. The molecule has 0 aromatic heterocycles. The van der Waals surface area contributed by atoms with Gasteiger partial charge in [-0.1, -0.05) is 48.0 Å². The molecule has 0 spiro atoms. The molecule has 0 amide bonds. The standard InChI is InChI=1S/C16H11ClFN/c1-11-7-13(9-14(18)8-11)16(17)15(10-19)12-5-3-2-4-6-12/h2-9H,1H3/b16-15+. The number of aryl methyl sites for hydroxylation is 1. The number of rotatable bonds is 2. The molecule has 0 saturated carbocycles. The highest BCUT2D eigenvalue weighted by Gasteiger charge is 2.10. The van der Waals surface area contributed by atoms with Crippen LogP contribution >= 0.6 is 11.6 Å². The van der Waals surface area contributed by atoms with Crippen LogP contribution in [-0.2, 0) is 0 Å². The van der Waals surface area contributed by atoms with Gasteiger partial charge >= 0.3 is 0 Å². The molecule has 0 saturated heterocycles. The summed E-state index contributed by atoms with van der Waals surface area (Å²) in [6.45, 7) is 1.78. The number of nitrogens with zero attached hydrogens (tertiary/aromatic N) is 1. The van der Waals surface area contributed by atoms with E-state index in [1.165, 1.54) is 12.1 Å². The Morgan fingerprint density at radius 1 is 1.11 bits per heavy atom. The molecular weight excluding hydrogens is 261 g/mol. The summed E-state index contributed by atoms with van der Waals surface area (Å²) < 4.78 is 13.4. The quantitative estimate of drug-likeness (QED) is 0.570. The normalized spacial score (nSPS) is 11.7. The maximum Gasteiger partial charge on any atom is 0.124 e. The molecule has 0 aliphatic rings. The van der Waals surface area contributed by atoms with Crippen LogP contribution in [0.25, 0.3) is 10.6 Å². The Balaban J connectivity index is 2.59. The van der Waals surface area contributed by atoms with Crippen LogP contribution in [0.5, 0.6) is 0 Å². The molecule has 19 heavy (non-hydrogen) atoms. The predicted octanol–water partition coefficient (Wildman–Crippen LogP) is 4.76. The predicted molar refractivity (Wildman–Crippen MR) is 75.9 cm³/mol. The Kier molecular flexibility index (Phi) is 3.99. The van der Waals surface area contributed by atoms with Crippen molar-refractivity contribution in [2.75, 3.05) is 0 Å². The second-order valence-electron chi connectivity index (χ2n) is 4.18. The summed E-state index contributed by atoms with van der Waals surface area (Å²) in [5.41, 5.74) is 2.34. The number of hydrogen-bond donors (Lipinski definition) is 0. The molecule has 2 aromatic rings. The smallest absolute Gasteiger partial charge is 0.124 e. The summed E-state index contributed by atoms with van der Waals surface area (Å²) in [6, 6.07) is 15.7. The molecule has 0 bridgehead atoms. The Labute approximate surface area is 116 Å². The lowest BCUT2D eigenvalue weighted by atomic mass is 10.0. The molecule has 0 atom stereocenters. The fourth-order valence-electron chi connectivity index (χ4n) is 1.85. The van der Waals surface area contributed by atoms with Gasteiger partial charge in [-0.25, -0.2) is 4.39 Å². The van der Waals surface area contributed by atoms with Crippen molar-refractivity contribution in [1.29, 1.82) is 5.26 Å². The first-order valence-electron chi connectivity index (χ1n) is 5.74. The van der Waals surface area contributed by atoms with E-state index in [2.05, 4.69) is 6.07 Å². The van der Waals surface area contributed by atoms with Gasteiger partial charge in [0.25, 0.3) is 0 Å². The molecule has 2 aromatic carbocycles. The third kappa shape index (κ3) is 3.01. The van der Waals surface area contributed by atoms with Gasteiger partial charge < -0.3 is 0 Å². The lowest BCUT2D eigenvalue weighted by Crippen LogP contribution is -1.88. The molecule has 0 N–H and O–H groups in total. The first-order chi connectivity index (χ1) is 9.11. The van der Waals surface area contributed by atoms with Gasteiger partial charge in [-0.15, -0.1) is 0 Å². The van der Waals surface area contributed by atoms with Crippen molar-refractivity contribution in [3.8, 4) is 6.07 Å². The lowest BCUT2D eigenvalue weighted by Gasteiger charge is -2.06. The topological polar surface area (TPSA) is 23.8 Å². The lowest BCUT2D eigenvalue weighted by molar-refractivity contribution is 0.626. The maximum absolute atomic E-state index is 13.4. The van der Waals surface area contributed by atoms with Crippen molar-refractivity contribution in [2.45, 2.75) is 6.92 Å². The Morgan fingerprint density at radius 3 is 2.37 bits per heavy atom. The number of benzene rings is 2. The number of allylic oxidation sites excluding steroid dienone is 1. The summed E-state index contributed by atoms with van der Waals surface area (Å²) >= 11 is 6.24. The molecular formula is C16H11ClFN. The van der Waals surface area contributed by atoms with Gasteiger partial charge in [0.15, 0.2) is 0 Å². The zero-order chi connectivity index (χ0) is 13.8. The third-order valence-corrected chi connectivity index (χ3v) is 3.10. The van der Waals surface area contributed by atoms with Crippen molar-refractivity contribution < 1.29 is 4.39 Å². The average Bonchev–Trinajstić information content (AvgIpc) is 2.39. The molecule has 0 aliphatic carbocycles. The second kappa shape index (κ2) is 5.69. The fourth-order valence-corrected chi connectivity index (χ4v) is 2.11. The SMILES string of the molecule is Cc1cc(F)cc(/C(Cl)=C(/C#N)c2ccccc2)c1. The fraction of sp³-hybridized carbons (Fsp3) is 0.0625. The molecule has 0 unspecified atom stereocenters. The average molecular weight is 272 g/mol. The minimum absolute atomic E-state index is 0.260. The van der Waals surface area contributed by atoms with Gasteiger partial charge in [0.1, 0.15) is 11.9 Å². The molecule has 0 radical (unpaired) electrons. The van der Waals surface area contributed by atoms with Gasteiger partial charge in [0, 0.05) is 0 Å². The summed E-state index contributed by atoms with van der Waals surface area (Å²) in [7, 11) is 0. The Bertz CT molecular complexity index is 649. The Morgan fingerprint density at radius 2 is 1.79 bits per heavy atom. The molecule has 0 heterocycles. The van der Waals surface area contributed by atoms with Crippen LogP contribution < -0.4 is 0 Å². The van der Waals surface area contributed by atoms with E-state index in [0.29, 0.717) is 11.1 Å². The van der Waals surface area contributed by atoms with E-state index in [9.17, 15) is 9.65 Å². The second-order valence-corrected chi connectivity index (χ2v) is 4.56. The molecule has 2 rings (SSSR count). The van der Waals surface area contributed by atoms with Crippen LogP contribution in [0.1, 0.15) is 16.7 Å². The first kappa shape index (κ1) is 13.3. The summed E-state index contributed by atoms with van der Waals surface area (Å²) in [5, 5.41) is 9.52. The van der Waals surface area contributed by atoms with Crippen LogP contribution in [-0.4, -0.2) is 0 Å². The van der Waals surface area contributed by atoms with Crippen LogP contribution in [0.3, 0.4) is 0 Å². The van der Waals surface area contributed by atoms with Crippen molar-refractivity contribution >= 4 is 22.2 Å². The van der Waals surface area contributed by atoms with Gasteiger partial charge in [-0.2, -0.15) is 5.26 Å². The van der Waals surface area contributed by atoms with E-state index < -0.39 is 0 Å². The summed E-state index contributed by atoms with van der Waals surface area (Å²) in [6.07, 6.45) is 0. The van der Waals surface area contributed by atoms with Crippen LogP contribution in [0.4, 0.5) is 4.39 Å². The van der Waals surface area contributed by atoms with Gasteiger partial charge in [-0.05, 0) is 35.7 Å². The minimum atomic E-state index is -0.362. The minimum Gasteiger partial charge on any atom is -0.207 e. The highest BCUT2D eigenvalue weighted by atomic mass is 35.5. The van der Waals surface area contributed by atoms with Gasteiger partial charge in [-0.3, -0.25) is 0 Å². The molecule has 0 aliphatic heterocycles. The van der Waals surface area contributed by atoms with Gasteiger partial charge in [0.05, 0.1) is 10.6 Å². The molecule has 94 valence electrons. The van der Waals surface area contributed by atoms with E-state index >= 15 is 0 Å². The van der Waals surface area contributed by atoms with E-state index in [0.717, 1.165) is 11.1 Å². The van der Waals surface area contributed by atoms with Crippen LogP contribution in [0.15, 0.2) is 48.5 Å². The zero-order valence-electron chi connectivity index (χ0n) is 10.3. The highest BCUT2D eigenvalue weighted by molar-refractivity contribution is 6.53. The van der Waals surface area contributed by atoms with E-state index in [-0.39, 0.29) is 10.8 Å². The van der Waals surface area contributed by atoms with Crippen molar-refractivity contribution in [2.24, 2.45) is 0 Å². The van der Waals surface area contributed by atoms with Crippen molar-refractivity contribution in [3.63, 3.8) is 0 Å². The maximum atomic E-state index is 13.4. The highest BCUT2D eigenvalue weighted by Crippen LogP contribution is 2.30. The van der Waals surface area contributed by atoms with Crippen molar-refractivity contribution in [3.05, 3.63) is 71.0 Å². The zero-order valence-corrected chi connectivity index (χ0v) is 11.1. The summed E-state index contributed by atoms with van der Waals surface area (Å²) in [5.74, 6) is -0.362. The molecule has 1 nitrogen and oxygen atoms in total. The number of nitriles is 1. The Hall–Kier alpha value is -2.11. The first-order valence-corrected chi connectivity index (χ1v) is 6.12. The number of hydrogen-bond acceptors (Lipinski definition) is 1. The third-order valence-electron chi connectivity index (χ3n) is 2.69. The summed E-state index contributed by atoms with van der Waals surface area (Å²) in [4.78, 5) is 0. The van der Waals surface area contributed by atoms with E-state index in [1.807, 2.05) is 18.2 Å². The largest absolute Gasteiger partial charge is 0.207 e. The van der Waals surface area contributed by atoms with E-state index in [4.69, 9.17) is 11.6 Å².